The molecule has 2 fully saturated rings. The first-order valence-electron chi connectivity index (χ1n) is 12.8. The largest absolute Gasteiger partial charge is 0.508 e. The summed E-state index contributed by atoms with van der Waals surface area (Å²) in [5.74, 6) is -2.11. The van der Waals surface area contributed by atoms with Crippen molar-refractivity contribution in [3.8, 4) is 34.3 Å². The molecule has 3 heterocycles. The van der Waals surface area contributed by atoms with Crippen molar-refractivity contribution in [2.24, 2.45) is 0 Å². The Labute approximate surface area is 236 Å². The fourth-order valence-electron chi connectivity index (χ4n) is 5.13. The zero-order chi connectivity index (χ0) is 30.5. The first-order valence-corrected chi connectivity index (χ1v) is 12.8. The predicted molar refractivity (Wildman–Crippen MR) is 139 cm³/mol. The number of hydrogen-bond acceptors (Lipinski definition) is 15. The van der Waals surface area contributed by atoms with Crippen molar-refractivity contribution in [1.29, 1.82) is 0 Å². The first-order chi connectivity index (χ1) is 19.9. The number of phenolic OH excluding ortho intramolecular Hbond substituents is 3. The Morgan fingerprint density at radius 2 is 1.71 bits per heavy atom. The van der Waals surface area contributed by atoms with Gasteiger partial charge in [-0.05, 0) is 24.3 Å². The van der Waals surface area contributed by atoms with Gasteiger partial charge in [-0.15, -0.1) is 0 Å². The Kier molecular flexibility index (Phi) is 8.06. The highest BCUT2D eigenvalue weighted by Gasteiger charge is 2.54. The third-order valence-corrected chi connectivity index (χ3v) is 7.49. The minimum Gasteiger partial charge on any atom is -0.508 e. The van der Waals surface area contributed by atoms with Crippen LogP contribution in [-0.2, 0) is 14.2 Å². The van der Waals surface area contributed by atoms with Crippen LogP contribution in [0.15, 0.2) is 39.5 Å². The van der Waals surface area contributed by atoms with Crippen LogP contribution >= 0.6 is 0 Å². The molecule has 3 aromatic rings. The van der Waals surface area contributed by atoms with E-state index in [2.05, 4.69) is 0 Å². The Morgan fingerprint density at radius 3 is 2.31 bits per heavy atom. The van der Waals surface area contributed by atoms with Crippen LogP contribution in [0.4, 0.5) is 0 Å². The summed E-state index contributed by atoms with van der Waals surface area (Å²) in [4.78, 5) is 13.3. The molecule has 9 N–H and O–H groups in total. The summed E-state index contributed by atoms with van der Waals surface area (Å²) < 4.78 is 27.8. The minimum atomic E-state index is -2.11. The van der Waals surface area contributed by atoms with Crippen LogP contribution in [0, 0.1) is 0 Å². The van der Waals surface area contributed by atoms with Gasteiger partial charge in [0, 0.05) is 11.6 Å². The summed E-state index contributed by atoms with van der Waals surface area (Å²) in [6.07, 6.45) is -12.0. The highest BCUT2D eigenvalue weighted by molar-refractivity contribution is 5.93. The van der Waals surface area contributed by atoms with E-state index in [1.165, 1.54) is 24.3 Å². The number of aliphatic hydroxyl groups excluding tert-OH is 5. The van der Waals surface area contributed by atoms with Gasteiger partial charge in [-0.1, -0.05) is 0 Å². The highest BCUT2D eigenvalue weighted by Crippen LogP contribution is 2.51. The smallest absolute Gasteiger partial charge is 0.202 e. The molecule has 5 rings (SSSR count). The molecule has 228 valence electrons. The number of ether oxygens (including phenoxy) is 4. The molecule has 15 nitrogen and oxygen atoms in total. The van der Waals surface area contributed by atoms with Gasteiger partial charge in [0.15, 0.2) is 23.1 Å². The van der Waals surface area contributed by atoms with Crippen LogP contribution in [0.1, 0.15) is 11.7 Å². The minimum absolute atomic E-state index is 0.0187. The maximum Gasteiger partial charge on any atom is 0.202 e. The molecular formula is C27H30O15. The third-order valence-electron chi connectivity index (χ3n) is 7.49. The molecule has 0 spiro atoms. The number of benzene rings is 2. The Balaban J connectivity index is 1.66. The van der Waals surface area contributed by atoms with Crippen molar-refractivity contribution >= 4 is 11.0 Å². The molecule has 42 heavy (non-hydrogen) atoms. The van der Waals surface area contributed by atoms with Crippen molar-refractivity contribution in [3.63, 3.8) is 0 Å². The summed E-state index contributed by atoms with van der Waals surface area (Å²) >= 11 is 0. The molecule has 0 unspecified atom stereocenters. The lowest BCUT2D eigenvalue weighted by atomic mass is 9.89. The number of methoxy groups -OCH3 is 1. The van der Waals surface area contributed by atoms with Gasteiger partial charge in [0.2, 0.25) is 5.75 Å². The fourth-order valence-corrected chi connectivity index (χ4v) is 5.13. The van der Waals surface area contributed by atoms with E-state index >= 15 is 0 Å². The second-order valence-electron chi connectivity index (χ2n) is 10.1. The topological polar surface area (TPSA) is 249 Å². The van der Waals surface area contributed by atoms with Crippen molar-refractivity contribution in [2.45, 2.75) is 48.5 Å². The maximum absolute atomic E-state index is 13.3. The van der Waals surface area contributed by atoms with E-state index in [1.54, 1.807) is 0 Å². The molecule has 15 heteroatoms. The Hall–Kier alpha value is -3.51. The molecule has 1 aromatic heterocycles. The number of phenols is 3. The number of aromatic hydroxyl groups is 3. The SMILES string of the molecule is COc1c([C@@H]2O[C@H](CO)[C@@H](O)[C@H](O)[C@H]2O[C@@H]2OC[C@](O)(CO)[C@H]2O)c(O)c2c(=O)cc(-c3ccc(O)cc3)oc2c1O. The zero-order valence-electron chi connectivity index (χ0n) is 22.0. The van der Waals surface area contributed by atoms with Gasteiger partial charge in [0.1, 0.15) is 64.9 Å². The van der Waals surface area contributed by atoms with E-state index in [9.17, 15) is 50.8 Å². The molecule has 2 aliphatic heterocycles. The summed E-state index contributed by atoms with van der Waals surface area (Å²) in [5.41, 5.74) is -3.47. The van der Waals surface area contributed by atoms with E-state index < -0.39 is 108 Å². The first kappa shape index (κ1) is 30.0. The quantitative estimate of drug-likeness (QED) is 0.142. The van der Waals surface area contributed by atoms with E-state index in [4.69, 9.17) is 23.4 Å². The average Bonchev–Trinajstić information content (AvgIpc) is 3.26. The zero-order valence-corrected chi connectivity index (χ0v) is 22.0. The van der Waals surface area contributed by atoms with Crippen molar-refractivity contribution < 1.29 is 69.3 Å². The van der Waals surface area contributed by atoms with Crippen LogP contribution in [-0.4, -0.2) is 115 Å². The van der Waals surface area contributed by atoms with Crippen LogP contribution in [0.5, 0.6) is 23.0 Å². The lowest BCUT2D eigenvalue weighted by Crippen LogP contribution is -2.58. The van der Waals surface area contributed by atoms with Crippen molar-refractivity contribution in [3.05, 3.63) is 46.1 Å². The standard InChI is InChI=1S/C27H30O15/c1-38-21-16(18(33)15-12(31)6-13(40-22(15)20(21)35)10-2-4-11(30)5-3-10)23-24(19(34)17(32)14(7-28)41-23)42-26-25(36)27(37,8-29)9-39-26/h2-6,14,17,19,23-26,28-30,32-37H,7-9H2,1H3/t14-,17-,19+,23+,24-,25+,26+,27-/m1/s1. The molecule has 2 aliphatic rings. The molecule has 8 atom stereocenters. The average molecular weight is 595 g/mol. The molecule has 2 saturated heterocycles. The van der Waals surface area contributed by atoms with Crippen LogP contribution < -0.4 is 10.2 Å². The van der Waals surface area contributed by atoms with Gasteiger partial charge in [0.05, 0.1) is 32.5 Å². The van der Waals surface area contributed by atoms with Gasteiger partial charge in [-0.3, -0.25) is 4.79 Å². The molecule has 0 radical (unpaired) electrons. The summed E-state index contributed by atoms with van der Waals surface area (Å²) in [5, 5.41) is 93.3. The van der Waals surface area contributed by atoms with E-state index in [0.29, 0.717) is 5.56 Å². The van der Waals surface area contributed by atoms with Crippen molar-refractivity contribution in [2.75, 3.05) is 26.9 Å². The molecule has 0 aliphatic carbocycles. The van der Waals surface area contributed by atoms with Crippen molar-refractivity contribution in [1.82, 2.24) is 0 Å². The van der Waals surface area contributed by atoms with E-state index in [0.717, 1.165) is 13.2 Å². The molecule has 0 amide bonds. The number of aliphatic hydroxyl groups is 6. The van der Waals surface area contributed by atoms with E-state index in [-0.39, 0.29) is 11.5 Å². The summed E-state index contributed by atoms with van der Waals surface area (Å²) in [6.45, 7) is -2.26. The summed E-state index contributed by atoms with van der Waals surface area (Å²) in [7, 11) is 1.12. The lowest BCUT2D eigenvalue weighted by Gasteiger charge is -2.43. The highest BCUT2D eigenvalue weighted by atomic mass is 16.7. The third kappa shape index (κ3) is 4.84. The molecule has 0 saturated carbocycles. The molecule has 0 bridgehead atoms. The monoisotopic (exact) mass is 594 g/mol. The van der Waals surface area contributed by atoms with Gasteiger partial charge in [0.25, 0.3) is 0 Å². The molecule has 2 aromatic carbocycles. The Bertz CT molecular complexity index is 1500. The number of rotatable bonds is 7. The second-order valence-corrected chi connectivity index (χ2v) is 10.1. The van der Waals surface area contributed by atoms with Gasteiger partial charge in [-0.2, -0.15) is 0 Å². The second kappa shape index (κ2) is 11.3. The van der Waals surface area contributed by atoms with Gasteiger partial charge >= 0.3 is 0 Å². The predicted octanol–water partition coefficient (Wildman–Crippen LogP) is -1.43. The molecular weight excluding hydrogens is 564 g/mol. The lowest BCUT2D eigenvalue weighted by molar-refractivity contribution is -0.287. The van der Waals surface area contributed by atoms with Gasteiger partial charge in [-0.25, -0.2) is 0 Å². The number of hydrogen-bond donors (Lipinski definition) is 9. The maximum atomic E-state index is 13.3. The fraction of sp³-hybridized carbons (Fsp3) is 0.444. The van der Waals surface area contributed by atoms with E-state index in [1.807, 2.05) is 0 Å². The van der Waals surface area contributed by atoms with Gasteiger partial charge < -0.3 is 69.3 Å². The Morgan fingerprint density at radius 1 is 1.02 bits per heavy atom. The number of fused-ring (bicyclic) bond motifs is 1. The normalized spacial score (nSPS) is 31.5. The van der Waals surface area contributed by atoms with Crippen LogP contribution in [0.3, 0.4) is 0 Å². The van der Waals surface area contributed by atoms with Crippen LogP contribution in [0.2, 0.25) is 0 Å². The van der Waals surface area contributed by atoms with Crippen LogP contribution in [0.25, 0.3) is 22.3 Å². The summed E-state index contributed by atoms with van der Waals surface area (Å²) in [6, 6.07) is 6.65.